The van der Waals surface area contributed by atoms with Crippen LogP contribution >= 0.6 is 22.6 Å². The molecule has 0 fully saturated rings. The number of aryl methyl sites for hydroxylation is 1. The molecule has 0 saturated heterocycles. The summed E-state index contributed by atoms with van der Waals surface area (Å²) in [6, 6.07) is 9.85. The molecule has 2 rings (SSSR count). The molecule has 2 aromatic carbocycles. The standard InChI is InChI=1S/C16H18INO3/c1-10-6-12(17)4-5-13(10)18-9-11-7-14(20-2)16(19)15(8-11)21-3/h4-8,18-19H,9H2,1-3H3. The second-order valence-corrected chi connectivity index (χ2v) is 5.91. The van der Waals surface area contributed by atoms with Gasteiger partial charge in [0.15, 0.2) is 11.5 Å². The second kappa shape index (κ2) is 6.89. The fourth-order valence-electron chi connectivity index (χ4n) is 2.07. The number of halogens is 1. The molecule has 2 aromatic rings. The van der Waals surface area contributed by atoms with Crippen molar-refractivity contribution in [3.8, 4) is 17.2 Å². The highest BCUT2D eigenvalue weighted by molar-refractivity contribution is 14.1. The summed E-state index contributed by atoms with van der Waals surface area (Å²) in [5.74, 6) is 0.838. The van der Waals surface area contributed by atoms with Gasteiger partial charge in [-0.3, -0.25) is 0 Å². The zero-order valence-electron chi connectivity index (χ0n) is 12.2. The molecule has 0 aliphatic rings. The van der Waals surface area contributed by atoms with Gasteiger partial charge in [0.05, 0.1) is 14.2 Å². The Bertz CT molecular complexity index is 618. The minimum atomic E-state index is 0.0224. The molecular weight excluding hydrogens is 381 g/mol. The van der Waals surface area contributed by atoms with Crippen LogP contribution in [0.1, 0.15) is 11.1 Å². The number of benzene rings is 2. The largest absolute Gasteiger partial charge is 0.502 e. The van der Waals surface area contributed by atoms with E-state index in [0.29, 0.717) is 18.0 Å². The van der Waals surface area contributed by atoms with Gasteiger partial charge in [0.1, 0.15) is 0 Å². The molecule has 0 atom stereocenters. The van der Waals surface area contributed by atoms with E-state index >= 15 is 0 Å². The third kappa shape index (κ3) is 3.72. The fraction of sp³-hybridized carbons (Fsp3) is 0.250. The first-order chi connectivity index (χ1) is 10.0. The van der Waals surface area contributed by atoms with Gasteiger partial charge in [-0.2, -0.15) is 0 Å². The molecule has 112 valence electrons. The first-order valence-electron chi connectivity index (χ1n) is 6.49. The number of nitrogens with one attached hydrogen (secondary N) is 1. The Balaban J connectivity index is 2.19. The average molecular weight is 399 g/mol. The molecule has 0 aliphatic carbocycles. The van der Waals surface area contributed by atoms with Crippen molar-refractivity contribution >= 4 is 28.3 Å². The van der Waals surface area contributed by atoms with Gasteiger partial charge in [-0.05, 0) is 71.0 Å². The number of anilines is 1. The van der Waals surface area contributed by atoms with Crippen molar-refractivity contribution < 1.29 is 14.6 Å². The number of hydrogen-bond donors (Lipinski definition) is 2. The lowest BCUT2D eigenvalue weighted by Gasteiger charge is -2.13. The molecule has 0 bridgehead atoms. The molecule has 0 spiro atoms. The Hall–Kier alpha value is -1.63. The number of phenolic OH excluding ortho intramolecular Hbond substituents is 1. The van der Waals surface area contributed by atoms with Crippen molar-refractivity contribution in [2.45, 2.75) is 13.5 Å². The summed E-state index contributed by atoms with van der Waals surface area (Å²) in [4.78, 5) is 0. The third-order valence-electron chi connectivity index (χ3n) is 3.21. The van der Waals surface area contributed by atoms with Gasteiger partial charge in [0.25, 0.3) is 0 Å². The van der Waals surface area contributed by atoms with E-state index in [-0.39, 0.29) is 5.75 Å². The molecule has 0 aliphatic heterocycles. The highest BCUT2D eigenvalue weighted by atomic mass is 127. The molecular formula is C16H18INO3. The summed E-state index contributed by atoms with van der Waals surface area (Å²) in [7, 11) is 3.05. The van der Waals surface area contributed by atoms with Crippen LogP contribution in [0.15, 0.2) is 30.3 Å². The van der Waals surface area contributed by atoms with E-state index in [9.17, 15) is 5.11 Å². The monoisotopic (exact) mass is 399 g/mol. The maximum Gasteiger partial charge on any atom is 0.200 e. The van der Waals surface area contributed by atoms with Crippen molar-refractivity contribution in [1.82, 2.24) is 0 Å². The normalized spacial score (nSPS) is 10.3. The van der Waals surface area contributed by atoms with E-state index in [1.165, 1.54) is 23.4 Å². The Kier molecular flexibility index (Phi) is 5.17. The lowest BCUT2D eigenvalue weighted by molar-refractivity contribution is 0.339. The van der Waals surface area contributed by atoms with E-state index < -0.39 is 0 Å². The van der Waals surface area contributed by atoms with Gasteiger partial charge >= 0.3 is 0 Å². The van der Waals surface area contributed by atoms with Crippen LogP contribution in [0, 0.1) is 10.5 Å². The first-order valence-corrected chi connectivity index (χ1v) is 7.57. The first kappa shape index (κ1) is 15.8. The average Bonchev–Trinajstić information content (AvgIpc) is 2.47. The van der Waals surface area contributed by atoms with Crippen molar-refractivity contribution in [3.05, 3.63) is 45.0 Å². The van der Waals surface area contributed by atoms with Crippen molar-refractivity contribution in [1.29, 1.82) is 0 Å². The number of ether oxygens (including phenoxy) is 2. The minimum Gasteiger partial charge on any atom is -0.502 e. The summed E-state index contributed by atoms with van der Waals surface area (Å²) in [5, 5.41) is 13.3. The van der Waals surface area contributed by atoms with E-state index in [4.69, 9.17) is 9.47 Å². The van der Waals surface area contributed by atoms with Crippen LogP contribution in [0.25, 0.3) is 0 Å². The van der Waals surface area contributed by atoms with Crippen LogP contribution in [0.2, 0.25) is 0 Å². The van der Waals surface area contributed by atoms with Crippen molar-refractivity contribution in [2.24, 2.45) is 0 Å². The molecule has 0 heterocycles. The van der Waals surface area contributed by atoms with Crippen molar-refractivity contribution in [2.75, 3.05) is 19.5 Å². The van der Waals surface area contributed by atoms with Crippen LogP contribution in [0.4, 0.5) is 5.69 Å². The van der Waals surface area contributed by atoms with Gasteiger partial charge in [-0.15, -0.1) is 0 Å². The highest BCUT2D eigenvalue weighted by Gasteiger charge is 2.11. The number of aromatic hydroxyl groups is 1. The summed E-state index contributed by atoms with van der Waals surface area (Å²) in [5.41, 5.74) is 3.25. The lowest BCUT2D eigenvalue weighted by atomic mass is 10.1. The van der Waals surface area contributed by atoms with Gasteiger partial charge in [-0.1, -0.05) is 0 Å². The van der Waals surface area contributed by atoms with Crippen molar-refractivity contribution in [3.63, 3.8) is 0 Å². The summed E-state index contributed by atoms with van der Waals surface area (Å²) in [6.07, 6.45) is 0. The molecule has 0 amide bonds. The van der Waals surface area contributed by atoms with Gasteiger partial charge < -0.3 is 19.9 Å². The molecule has 2 N–H and O–H groups in total. The minimum absolute atomic E-state index is 0.0224. The molecule has 21 heavy (non-hydrogen) atoms. The van der Waals surface area contributed by atoms with E-state index in [2.05, 4.69) is 53.0 Å². The van der Waals surface area contributed by atoms with Gasteiger partial charge in [0.2, 0.25) is 5.75 Å². The number of methoxy groups -OCH3 is 2. The fourth-order valence-corrected chi connectivity index (χ4v) is 2.72. The van der Waals surface area contributed by atoms with Gasteiger partial charge in [0, 0.05) is 15.8 Å². The van der Waals surface area contributed by atoms with Crippen LogP contribution in [0.5, 0.6) is 17.2 Å². The van der Waals surface area contributed by atoms with Gasteiger partial charge in [-0.25, -0.2) is 0 Å². The molecule has 0 radical (unpaired) electrons. The summed E-state index contributed by atoms with van der Waals surface area (Å²) in [6.45, 7) is 2.69. The number of rotatable bonds is 5. The van der Waals surface area contributed by atoms with Crippen LogP contribution < -0.4 is 14.8 Å². The maximum absolute atomic E-state index is 9.90. The van der Waals surface area contributed by atoms with E-state index in [1.54, 1.807) is 12.1 Å². The zero-order chi connectivity index (χ0) is 15.4. The Morgan fingerprint density at radius 1 is 1.10 bits per heavy atom. The quantitative estimate of drug-likeness (QED) is 0.749. The molecule has 5 heteroatoms. The molecule has 0 aromatic heterocycles. The SMILES string of the molecule is COc1cc(CNc2ccc(I)cc2C)cc(OC)c1O. The predicted octanol–water partition coefficient (Wildman–Crippen LogP) is 3.93. The number of phenols is 1. The Labute approximate surface area is 138 Å². The second-order valence-electron chi connectivity index (χ2n) is 4.66. The highest BCUT2D eigenvalue weighted by Crippen LogP contribution is 2.37. The van der Waals surface area contributed by atoms with Crippen LogP contribution in [0.3, 0.4) is 0 Å². The molecule has 4 nitrogen and oxygen atoms in total. The maximum atomic E-state index is 9.90. The zero-order valence-corrected chi connectivity index (χ0v) is 14.4. The number of hydrogen-bond acceptors (Lipinski definition) is 4. The lowest BCUT2D eigenvalue weighted by Crippen LogP contribution is -2.02. The summed E-state index contributed by atoms with van der Waals surface area (Å²) >= 11 is 2.30. The summed E-state index contributed by atoms with van der Waals surface area (Å²) < 4.78 is 11.5. The Morgan fingerprint density at radius 3 is 2.24 bits per heavy atom. The molecule has 0 saturated carbocycles. The topological polar surface area (TPSA) is 50.7 Å². The Morgan fingerprint density at radius 2 is 1.71 bits per heavy atom. The molecule has 0 unspecified atom stereocenters. The van der Waals surface area contributed by atoms with Crippen LogP contribution in [-0.4, -0.2) is 19.3 Å². The third-order valence-corrected chi connectivity index (χ3v) is 3.88. The predicted molar refractivity (Wildman–Crippen MR) is 92.4 cm³/mol. The van der Waals surface area contributed by atoms with E-state index in [0.717, 1.165) is 11.3 Å². The van der Waals surface area contributed by atoms with Crippen LogP contribution in [-0.2, 0) is 6.54 Å². The van der Waals surface area contributed by atoms with E-state index in [1.807, 2.05) is 0 Å². The smallest absolute Gasteiger partial charge is 0.200 e.